The van der Waals surface area contributed by atoms with Gasteiger partial charge in [0.25, 0.3) is 0 Å². The minimum absolute atomic E-state index is 0.00206. The normalized spacial score (nSPS) is 38.6. The molecule has 20 heavy (non-hydrogen) atoms. The Labute approximate surface area is 117 Å². The minimum Gasteiger partial charge on any atom is -0.392 e. The number of fused-ring (bicyclic) bond motifs is 5. The summed E-state index contributed by atoms with van der Waals surface area (Å²) in [7, 11) is 0. The van der Waals surface area contributed by atoms with Crippen molar-refractivity contribution in [1.82, 2.24) is 4.90 Å². The van der Waals surface area contributed by atoms with Gasteiger partial charge in [-0.25, -0.2) is 0 Å². The zero-order chi connectivity index (χ0) is 13.9. The van der Waals surface area contributed by atoms with Gasteiger partial charge in [0.05, 0.1) is 24.5 Å². The molecule has 1 aromatic rings. The van der Waals surface area contributed by atoms with Crippen LogP contribution in [0.4, 0.5) is 0 Å². The number of hydrogen-bond donors (Lipinski definition) is 1. The quantitative estimate of drug-likeness (QED) is 0.822. The van der Waals surface area contributed by atoms with E-state index < -0.39 is 6.10 Å². The monoisotopic (exact) mass is 271 g/mol. The number of imide groups is 1. The lowest BCUT2D eigenvalue weighted by Gasteiger charge is -2.19. The number of aliphatic hydroxyl groups excluding tert-OH is 1. The van der Waals surface area contributed by atoms with Gasteiger partial charge in [0.2, 0.25) is 11.8 Å². The molecule has 2 amide bonds. The molecule has 1 unspecified atom stereocenters. The number of carbonyl (C=O) groups excluding carboxylic acids is 2. The summed E-state index contributed by atoms with van der Waals surface area (Å²) in [5.74, 6) is -0.672. The van der Waals surface area contributed by atoms with Gasteiger partial charge in [-0.2, -0.15) is 0 Å². The number of benzene rings is 1. The molecular formula is C16H17NO3. The van der Waals surface area contributed by atoms with Gasteiger partial charge in [-0.1, -0.05) is 30.3 Å². The first-order valence-electron chi connectivity index (χ1n) is 7.25. The first-order valence-corrected chi connectivity index (χ1v) is 7.25. The van der Waals surface area contributed by atoms with E-state index in [0.717, 1.165) is 18.4 Å². The van der Waals surface area contributed by atoms with Gasteiger partial charge in [-0.3, -0.25) is 14.5 Å². The Morgan fingerprint density at radius 2 is 1.55 bits per heavy atom. The van der Waals surface area contributed by atoms with Crippen LogP contribution in [0.1, 0.15) is 18.4 Å². The van der Waals surface area contributed by atoms with Gasteiger partial charge in [-0.05, 0) is 30.2 Å². The molecule has 2 saturated carbocycles. The third kappa shape index (κ3) is 1.45. The standard InChI is InChI=1S/C16H17NO3/c18-14-10-6-7-11(14)13-12(10)15(19)17(16(13)20)8-9-4-2-1-3-5-9/h1-5,10-14,18H,6-8H2/t10-,11-,12-,13+,14?/m1/s1. The summed E-state index contributed by atoms with van der Waals surface area (Å²) < 4.78 is 0. The van der Waals surface area contributed by atoms with Crippen LogP contribution in [0.2, 0.25) is 0 Å². The van der Waals surface area contributed by atoms with E-state index in [1.54, 1.807) is 0 Å². The Kier molecular flexibility index (Phi) is 2.51. The van der Waals surface area contributed by atoms with Crippen molar-refractivity contribution in [2.24, 2.45) is 23.7 Å². The maximum absolute atomic E-state index is 12.5. The van der Waals surface area contributed by atoms with Crippen molar-refractivity contribution in [3.8, 4) is 0 Å². The van der Waals surface area contributed by atoms with Crippen LogP contribution in [0.5, 0.6) is 0 Å². The lowest BCUT2D eigenvalue weighted by atomic mass is 9.81. The Bertz CT molecular complexity index is 540. The molecule has 3 aliphatic rings. The maximum atomic E-state index is 12.5. The largest absolute Gasteiger partial charge is 0.392 e. The number of hydrogen-bond acceptors (Lipinski definition) is 3. The second kappa shape index (κ2) is 4.16. The van der Waals surface area contributed by atoms with Crippen molar-refractivity contribution in [3.63, 3.8) is 0 Å². The molecule has 1 aromatic carbocycles. The molecule has 0 spiro atoms. The molecule has 0 radical (unpaired) electrons. The lowest BCUT2D eigenvalue weighted by Crippen LogP contribution is -2.34. The zero-order valence-corrected chi connectivity index (χ0v) is 11.1. The second-order valence-electron chi connectivity index (χ2n) is 6.20. The number of carbonyl (C=O) groups is 2. The highest BCUT2D eigenvalue weighted by Gasteiger charge is 2.64. The lowest BCUT2D eigenvalue weighted by molar-refractivity contribution is -0.142. The summed E-state index contributed by atoms with van der Waals surface area (Å²) in [5, 5.41) is 10.1. The zero-order valence-electron chi connectivity index (χ0n) is 11.1. The average Bonchev–Trinajstić information content (AvgIpc) is 3.05. The van der Waals surface area contributed by atoms with Crippen LogP contribution in [-0.4, -0.2) is 27.9 Å². The molecule has 5 atom stereocenters. The molecule has 1 aliphatic heterocycles. The molecule has 4 nitrogen and oxygen atoms in total. The second-order valence-corrected chi connectivity index (χ2v) is 6.20. The highest BCUT2D eigenvalue weighted by molar-refractivity contribution is 6.06. The Balaban J connectivity index is 1.62. The van der Waals surface area contributed by atoms with Crippen LogP contribution in [0.15, 0.2) is 30.3 Å². The van der Waals surface area contributed by atoms with Crippen LogP contribution in [0, 0.1) is 23.7 Å². The molecule has 3 fully saturated rings. The van der Waals surface area contributed by atoms with Gasteiger partial charge in [0, 0.05) is 0 Å². The smallest absolute Gasteiger partial charge is 0.233 e. The van der Waals surface area contributed by atoms with E-state index in [-0.39, 0.29) is 35.5 Å². The summed E-state index contributed by atoms with van der Waals surface area (Å²) in [5.41, 5.74) is 0.974. The highest BCUT2D eigenvalue weighted by Crippen LogP contribution is 2.56. The number of rotatable bonds is 2. The molecule has 4 rings (SSSR count). The van der Waals surface area contributed by atoms with E-state index in [0.29, 0.717) is 6.54 Å². The van der Waals surface area contributed by atoms with Crippen LogP contribution in [-0.2, 0) is 16.1 Å². The van der Waals surface area contributed by atoms with E-state index in [4.69, 9.17) is 0 Å². The van der Waals surface area contributed by atoms with Crippen LogP contribution in [0.3, 0.4) is 0 Å². The highest BCUT2D eigenvalue weighted by atomic mass is 16.3. The third-order valence-corrected chi connectivity index (χ3v) is 5.31. The third-order valence-electron chi connectivity index (χ3n) is 5.31. The summed E-state index contributed by atoms with van der Waals surface area (Å²) in [4.78, 5) is 26.5. The first kappa shape index (κ1) is 12.1. The fraction of sp³-hybridized carbons (Fsp3) is 0.500. The van der Waals surface area contributed by atoms with E-state index in [2.05, 4.69) is 0 Å². The molecule has 104 valence electrons. The Morgan fingerprint density at radius 3 is 2.10 bits per heavy atom. The predicted octanol–water partition coefficient (Wildman–Crippen LogP) is 1.19. The van der Waals surface area contributed by atoms with Crippen LogP contribution < -0.4 is 0 Å². The molecule has 1 N–H and O–H groups in total. The average molecular weight is 271 g/mol. The summed E-state index contributed by atoms with van der Waals surface area (Å²) >= 11 is 0. The van der Waals surface area contributed by atoms with Gasteiger partial charge in [0.1, 0.15) is 0 Å². The topological polar surface area (TPSA) is 57.6 Å². The van der Waals surface area contributed by atoms with Crippen molar-refractivity contribution in [3.05, 3.63) is 35.9 Å². The van der Waals surface area contributed by atoms with Crippen LogP contribution in [0.25, 0.3) is 0 Å². The molecular weight excluding hydrogens is 254 g/mol. The molecule has 2 aliphatic carbocycles. The number of nitrogens with zero attached hydrogens (tertiary/aromatic N) is 1. The number of likely N-dealkylation sites (tertiary alicyclic amines) is 1. The number of aliphatic hydroxyl groups is 1. The minimum atomic E-state index is -0.447. The van der Waals surface area contributed by atoms with Gasteiger partial charge in [-0.15, -0.1) is 0 Å². The Hall–Kier alpha value is -1.68. The first-order chi connectivity index (χ1) is 9.68. The summed E-state index contributed by atoms with van der Waals surface area (Å²) in [6, 6.07) is 9.60. The molecule has 0 aromatic heterocycles. The van der Waals surface area contributed by atoms with Crippen molar-refractivity contribution in [1.29, 1.82) is 0 Å². The molecule has 2 bridgehead atoms. The summed E-state index contributed by atoms with van der Waals surface area (Å²) in [6.07, 6.45) is 1.31. The van der Waals surface area contributed by atoms with Crippen molar-refractivity contribution >= 4 is 11.8 Å². The van der Waals surface area contributed by atoms with E-state index in [1.165, 1.54) is 4.90 Å². The van der Waals surface area contributed by atoms with Crippen LogP contribution >= 0.6 is 0 Å². The molecule has 1 heterocycles. The predicted molar refractivity (Wildman–Crippen MR) is 71.2 cm³/mol. The Morgan fingerprint density at radius 1 is 1.00 bits per heavy atom. The summed E-state index contributed by atoms with van der Waals surface area (Å²) in [6.45, 7) is 0.362. The van der Waals surface area contributed by atoms with Crippen molar-refractivity contribution in [2.45, 2.75) is 25.5 Å². The van der Waals surface area contributed by atoms with Gasteiger partial charge >= 0.3 is 0 Å². The maximum Gasteiger partial charge on any atom is 0.233 e. The van der Waals surface area contributed by atoms with E-state index in [1.807, 2.05) is 30.3 Å². The fourth-order valence-electron chi connectivity index (χ4n) is 4.42. The van der Waals surface area contributed by atoms with E-state index >= 15 is 0 Å². The fourth-order valence-corrected chi connectivity index (χ4v) is 4.42. The van der Waals surface area contributed by atoms with E-state index in [9.17, 15) is 14.7 Å². The number of amides is 2. The van der Waals surface area contributed by atoms with Gasteiger partial charge < -0.3 is 5.11 Å². The SMILES string of the molecule is O=C1[C@@H]2[C@H](C(=O)N1Cc1ccccc1)[C@H]1CC[C@H]2C1O. The molecule has 4 heteroatoms. The molecule has 1 saturated heterocycles. The van der Waals surface area contributed by atoms with Gasteiger partial charge in [0.15, 0.2) is 0 Å². The van der Waals surface area contributed by atoms with Crippen molar-refractivity contribution in [2.75, 3.05) is 0 Å². The van der Waals surface area contributed by atoms with Crippen molar-refractivity contribution < 1.29 is 14.7 Å².